The second kappa shape index (κ2) is 15.4. The van der Waals surface area contributed by atoms with Crippen LogP contribution in [0.2, 0.25) is 0 Å². The van der Waals surface area contributed by atoms with E-state index in [1.165, 1.54) is 6.07 Å². The van der Waals surface area contributed by atoms with Crippen LogP contribution in [-0.2, 0) is 18.9 Å². The maximum Gasteiger partial charge on any atom is 0.272 e. The Morgan fingerprint density at radius 1 is 0.882 bits per heavy atom. The highest BCUT2D eigenvalue weighted by Gasteiger charge is 2.19. The van der Waals surface area contributed by atoms with Crippen molar-refractivity contribution >= 4 is 11.4 Å². The van der Waals surface area contributed by atoms with Crippen LogP contribution >= 0.6 is 0 Å². The van der Waals surface area contributed by atoms with Gasteiger partial charge in [0.05, 0.1) is 44.6 Å². The summed E-state index contributed by atoms with van der Waals surface area (Å²) < 4.78 is 21.3. The van der Waals surface area contributed by atoms with Crippen molar-refractivity contribution in [2.75, 3.05) is 78.5 Å². The monoisotopic (exact) mass is 476 g/mol. The molecule has 0 aliphatic carbocycles. The summed E-state index contributed by atoms with van der Waals surface area (Å²) in [6.45, 7) is 6.35. The number of benzene rings is 2. The predicted octanol–water partition coefficient (Wildman–Crippen LogP) is 3.49. The van der Waals surface area contributed by atoms with Gasteiger partial charge in [-0.3, -0.25) is 10.1 Å². The van der Waals surface area contributed by atoms with E-state index < -0.39 is 4.92 Å². The van der Waals surface area contributed by atoms with Crippen LogP contribution in [0.15, 0.2) is 42.5 Å². The van der Waals surface area contributed by atoms with Crippen molar-refractivity contribution in [2.24, 2.45) is 0 Å². The molecule has 0 spiro atoms. The first-order valence-corrected chi connectivity index (χ1v) is 11.4. The van der Waals surface area contributed by atoms with E-state index in [0.717, 1.165) is 16.8 Å². The normalized spacial score (nSPS) is 12.0. The summed E-state index contributed by atoms with van der Waals surface area (Å²) >= 11 is 0. The summed E-state index contributed by atoms with van der Waals surface area (Å²) in [6.07, 6.45) is 0. The van der Waals surface area contributed by atoms with E-state index in [2.05, 4.69) is 4.90 Å². The molecule has 0 amide bonds. The van der Waals surface area contributed by atoms with Gasteiger partial charge >= 0.3 is 0 Å². The molecule has 1 atom stereocenters. The maximum absolute atomic E-state index is 11.4. The molecule has 0 bridgehead atoms. The lowest BCUT2D eigenvalue weighted by atomic mass is 9.95. The van der Waals surface area contributed by atoms with Crippen LogP contribution in [0.5, 0.6) is 0 Å². The number of ether oxygens (including phenoxy) is 4. The molecule has 0 radical (unpaired) electrons. The number of nitro benzene ring substituents is 1. The van der Waals surface area contributed by atoms with E-state index in [9.17, 15) is 15.2 Å². The fraction of sp³-hybridized carbons (Fsp3) is 0.520. The number of nitrogens with zero attached hydrogens (tertiary/aromatic N) is 2. The summed E-state index contributed by atoms with van der Waals surface area (Å²) in [4.78, 5) is 13.2. The summed E-state index contributed by atoms with van der Waals surface area (Å²) in [6, 6.07) is 13.1. The summed E-state index contributed by atoms with van der Waals surface area (Å²) in [5.74, 6) is -0.327. The van der Waals surface area contributed by atoms with Gasteiger partial charge in [0.15, 0.2) is 0 Å². The van der Waals surface area contributed by atoms with Crippen LogP contribution in [0, 0.1) is 10.1 Å². The molecule has 0 aromatic heterocycles. The molecule has 188 valence electrons. The highest BCUT2D eigenvalue weighted by Crippen LogP contribution is 2.32. The molecule has 9 heteroatoms. The van der Waals surface area contributed by atoms with Crippen LogP contribution in [0.3, 0.4) is 0 Å². The van der Waals surface area contributed by atoms with Crippen LogP contribution < -0.4 is 4.90 Å². The summed E-state index contributed by atoms with van der Waals surface area (Å²) in [7, 11) is 3.29. The minimum absolute atomic E-state index is 0.0232. The van der Waals surface area contributed by atoms with E-state index >= 15 is 0 Å². The van der Waals surface area contributed by atoms with Gasteiger partial charge in [-0.1, -0.05) is 19.1 Å². The first-order valence-electron chi connectivity index (χ1n) is 11.4. The molecule has 0 aliphatic heterocycles. The summed E-state index contributed by atoms with van der Waals surface area (Å²) in [5.41, 5.74) is 3.38. The SMILES string of the molecule is COCCOCCN(CCOCCOC)c1ccc(-c2ccc([N+](=O)[O-])c(C(C)CO)c2)cc1. The Bertz CT molecular complexity index is 847. The van der Waals surface area contributed by atoms with Gasteiger partial charge in [0.1, 0.15) is 0 Å². The van der Waals surface area contributed by atoms with Gasteiger partial charge in [-0.2, -0.15) is 0 Å². The molecule has 9 nitrogen and oxygen atoms in total. The van der Waals surface area contributed by atoms with Gasteiger partial charge in [0.2, 0.25) is 0 Å². The van der Waals surface area contributed by atoms with E-state index in [0.29, 0.717) is 58.3 Å². The molecular weight excluding hydrogens is 440 g/mol. The largest absolute Gasteiger partial charge is 0.396 e. The molecular formula is C25H36N2O7. The van der Waals surface area contributed by atoms with Crippen molar-refractivity contribution in [3.63, 3.8) is 0 Å². The van der Waals surface area contributed by atoms with E-state index in [1.54, 1.807) is 33.3 Å². The van der Waals surface area contributed by atoms with Crippen molar-refractivity contribution < 1.29 is 29.0 Å². The number of hydrogen-bond donors (Lipinski definition) is 1. The highest BCUT2D eigenvalue weighted by molar-refractivity contribution is 5.69. The molecule has 0 saturated carbocycles. The van der Waals surface area contributed by atoms with E-state index in [1.807, 2.05) is 24.3 Å². The quantitative estimate of drug-likeness (QED) is 0.210. The van der Waals surface area contributed by atoms with Gasteiger partial charge in [-0.05, 0) is 35.4 Å². The number of nitro groups is 1. The molecule has 2 aromatic rings. The second-order valence-corrected chi connectivity index (χ2v) is 7.86. The topological polar surface area (TPSA) is 104 Å². The van der Waals surface area contributed by atoms with Gasteiger partial charge in [0.25, 0.3) is 5.69 Å². The zero-order valence-electron chi connectivity index (χ0n) is 20.3. The third kappa shape index (κ3) is 8.66. The van der Waals surface area contributed by atoms with Crippen molar-refractivity contribution in [3.05, 3.63) is 58.1 Å². The minimum atomic E-state index is -0.407. The smallest absolute Gasteiger partial charge is 0.272 e. The lowest BCUT2D eigenvalue weighted by Crippen LogP contribution is -2.31. The predicted molar refractivity (Wildman–Crippen MR) is 132 cm³/mol. The number of hydrogen-bond acceptors (Lipinski definition) is 8. The van der Waals surface area contributed by atoms with Crippen molar-refractivity contribution in [2.45, 2.75) is 12.8 Å². The zero-order valence-corrected chi connectivity index (χ0v) is 20.3. The number of rotatable bonds is 17. The van der Waals surface area contributed by atoms with Gasteiger partial charge in [-0.25, -0.2) is 0 Å². The van der Waals surface area contributed by atoms with E-state index in [-0.39, 0.29) is 18.2 Å². The fourth-order valence-corrected chi connectivity index (χ4v) is 3.47. The Kier molecular flexibility index (Phi) is 12.5. The number of anilines is 1. The Morgan fingerprint density at radius 2 is 1.44 bits per heavy atom. The fourth-order valence-electron chi connectivity index (χ4n) is 3.47. The molecule has 2 aromatic carbocycles. The average Bonchev–Trinajstić information content (AvgIpc) is 2.86. The Hall–Kier alpha value is -2.56. The molecule has 0 saturated heterocycles. The zero-order chi connectivity index (χ0) is 24.8. The third-order valence-corrected chi connectivity index (χ3v) is 5.47. The molecule has 1 N–H and O–H groups in total. The van der Waals surface area contributed by atoms with E-state index in [4.69, 9.17) is 18.9 Å². The van der Waals surface area contributed by atoms with Crippen LogP contribution in [0.4, 0.5) is 11.4 Å². The summed E-state index contributed by atoms with van der Waals surface area (Å²) in [5, 5.41) is 20.9. The maximum atomic E-state index is 11.4. The van der Waals surface area contributed by atoms with Crippen molar-refractivity contribution in [3.8, 4) is 11.1 Å². The van der Waals surface area contributed by atoms with Gasteiger partial charge in [-0.15, -0.1) is 0 Å². The van der Waals surface area contributed by atoms with Crippen LogP contribution in [-0.4, -0.2) is 83.6 Å². The van der Waals surface area contributed by atoms with Crippen molar-refractivity contribution in [1.82, 2.24) is 0 Å². The Morgan fingerprint density at radius 3 is 1.94 bits per heavy atom. The molecule has 34 heavy (non-hydrogen) atoms. The van der Waals surface area contributed by atoms with Crippen LogP contribution in [0.25, 0.3) is 11.1 Å². The lowest BCUT2D eigenvalue weighted by molar-refractivity contribution is -0.385. The Labute approximate surface area is 201 Å². The average molecular weight is 477 g/mol. The number of aliphatic hydroxyl groups excluding tert-OH is 1. The molecule has 0 heterocycles. The highest BCUT2D eigenvalue weighted by atomic mass is 16.6. The number of methoxy groups -OCH3 is 2. The van der Waals surface area contributed by atoms with Gasteiger partial charge in [0, 0.05) is 57.2 Å². The Balaban J connectivity index is 2.14. The number of aliphatic hydroxyl groups is 1. The molecule has 1 unspecified atom stereocenters. The second-order valence-electron chi connectivity index (χ2n) is 7.86. The minimum Gasteiger partial charge on any atom is -0.396 e. The lowest BCUT2D eigenvalue weighted by Gasteiger charge is -2.25. The third-order valence-electron chi connectivity index (χ3n) is 5.47. The standard InChI is InChI=1S/C25H36N2O7/c1-20(19-28)24-18-22(6-9-25(24)27(29)30)21-4-7-23(8-5-21)26(10-12-33-16-14-31-2)11-13-34-17-15-32-3/h4-9,18,20,28H,10-17,19H2,1-3H3. The first-order chi connectivity index (χ1) is 16.5. The van der Waals surface area contributed by atoms with Gasteiger partial charge < -0.3 is 29.0 Å². The molecule has 0 fully saturated rings. The van der Waals surface area contributed by atoms with Crippen LogP contribution in [0.1, 0.15) is 18.4 Å². The molecule has 2 rings (SSSR count). The van der Waals surface area contributed by atoms with Crippen molar-refractivity contribution in [1.29, 1.82) is 0 Å². The molecule has 0 aliphatic rings. The first kappa shape index (κ1) is 27.7.